The Morgan fingerprint density at radius 3 is 2.62 bits per heavy atom. The quantitative estimate of drug-likeness (QED) is 0.621. The van der Waals surface area contributed by atoms with Crippen LogP contribution < -0.4 is 4.74 Å². The summed E-state index contributed by atoms with van der Waals surface area (Å²) in [5.74, 6) is 0.352. The van der Waals surface area contributed by atoms with Gasteiger partial charge in [0, 0.05) is 6.42 Å². The summed E-state index contributed by atoms with van der Waals surface area (Å²) >= 11 is 0. The minimum absolute atomic E-state index is 0.219. The van der Waals surface area contributed by atoms with Gasteiger partial charge in [-0.3, -0.25) is 0 Å². The lowest BCUT2D eigenvalue weighted by atomic mass is 10.1. The Bertz CT molecular complexity index is 810. The number of carbonyl (C=O) groups is 1. The van der Waals surface area contributed by atoms with Crippen molar-refractivity contribution in [3.63, 3.8) is 0 Å². The van der Waals surface area contributed by atoms with E-state index >= 15 is 0 Å². The van der Waals surface area contributed by atoms with Gasteiger partial charge in [-0.15, -0.1) is 0 Å². The van der Waals surface area contributed by atoms with Crippen molar-refractivity contribution in [3.05, 3.63) is 71.2 Å². The predicted octanol–water partition coefficient (Wildman–Crippen LogP) is 3.76. The van der Waals surface area contributed by atoms with Crippen LogP contribution in [0.15, 0.2) is 59.2 Å². The van der Waals surface area contributed by atoms with Crippen molar-refractivity contribution >= 4 is 17.9 Å². The molecule has 0 spiro atoms. The first-order chi connectivity index (χ1) is 11.7. The van der Waals surface area contributed by atoms with Crippen molar-refractivity contribution in [2.45, 2.75) is 12.8 Å². The molecule has 0 fully saturated rings. The highest BCUT2D eigenvalue weighted by Crippen LogP contribution is 2.22. The molecule has 2 aromatic rings. The Hall–Kier alpha value is -2.95. The van der Waals surface area contributed by atoms with Gasteiger partial charge in [0.2, 0.25) is 0 Å². The van der Waals surface area contributed by atoms with E-state index in [1.54, 1.807) is 25.3 Å². The zero-order valence-corrected chi connectivity index (χ0v) is 13.2. The molecular formula is C19H16FNO3. The van der Waals surface area contributed by atoms with Crippen molar-refractivity contribution in [3.8, 4) is 5.75 Å². The molecule has 0 N–H and O–H groups in total. The Morgan fingerprint density at radius 1 is 1.12 bits per heavy atom. The average Bonchev–Trinajstić information content (AvgIpc) is 2.95. The molecule has 1 heterocycles. The zero-order valence-electron chi connectivity index (χ0n) is 13.2. The van der Waals surface area contributed by atoms with E-state index < -0.39 is 5.97 Å². The summed E-state index contributed by atoms with van der Waals surface area (Å²) < 4.78 is 23.4. The van der Waals surface area contributed by atoms with Crippen LogP contribution in [0, 0.1) is 5.82 Å². The number of ether oxygens (including phenoxy) is 2. The molecule has 5 heteroatoms. The zero-order chi connectivity index (χ0) is 16.9. The maximum Gasteiger partial charge on any atom is 0.363 e. The number of carbonyl (C=O) groups excluding carboxylic acids is 1. The van der Waals surface area contributed by atoms with Gasteiger partial charge in [0.05, 0.1) is 7.11 Å². The fraction of sp³-hybridized carbons (Fsp3) is 0.158. The number of halogens is 1. The van der Waals surface area contributed by atoms with Crippen LogP contribution in [0.4, 0.5) is 4.39 Å². The normalized spacial score (nSPS) is 15.3. The van der Waals surface area contributed by atoms with E-state index in [2.05, 4.69) is 4.99 Å². The molecule has 0 aromatic heterocycles. The van der Waals surface area contributed by atoms with Gasteiger partial charge >= 0.3 is 5.97 Å². The Balaban J connectivity index is 1.71. The van der Waals surface area contributed by atoms with Crippen LogP contribution in [0.5, 0.6) is 5.75 Å². The molecule has 3 rings (SSSR count). The SMILES string of the molecule is COc1ccccc1CCC1=N/C(=C/c2ccc(F)cc2)C(=O)O1. The molecule has 24 heavy (non-hydrogen) atoms. The number of aliphatic imine (C=N–C) groups is 1. The summed E-state index contributed by atoms with van der Waals surface area (Å²) in [6, 6.07) is 13.5. The fourth-order valence-corrected chi connectivity index (χ4v) is 2.43. The summed E-state index contributed by atoms with van der Waals surface area (Å²) in [5.41, 5.74) is 1.93. The van der Waals surface area contributed by atoms with Crippen LogP contribution in [-0.2, 0) is 16.0 Å². The Labute approximate surface area is 139 Å². The van der Waals surface area contributed by atoms with E-state index in [4.69, 9.17) is 9.47 Å². The number of nitrogens with zero attached hydrogens (tertiary/aromatic N) is 1. The number of methoxy groups -OCH3 is 1. The molecule has 1 aliphatic heterocycles. The van der Waals surface area contributed by atoms with Gasteiger partial charge in [-0.1, -0.05) is 30.3 Å². The van der Waals surface area contributed by atoms with Gasteiger partial charge in [0.1, 0.15) is 11.6 Å². The Kier molecular flexibility index (Phi) is 4.70. The summed E-state index contributed by atoms with van der Waals surface area (Å²) in [7, 11) is 1.62. The molecule has 0 saturated heterocycles. The van der Waals surface area contributed by atoms with Gasteiger partial charge in [-0.05, 0) is 41.8 Å². The molecule has 0 bridgehead atoms. The second kappa shape index (κ2) is 7.08. The second-order valence-electron chi connectivity index (χ2n) is 5.29. The lowest BCUT2D eigenvalue weighted by Gasteiger charge is -2.07. The number of hydrogen-bond donors (Lipinski definition) is 0. The highest BCUT2D eigenvalue weighted by Gasteiger charge is 2.22. The van der Waals surface area contributed by atoms with Crippen LogP contribution >= 0.6 is 0 Å². The van der Waals surface area contributed by atoms with Crippen LogP contribution in [0.2, 0.25) is 0 Å². The molecule has 0 radical (unpaired) electrons. The molecule has 2 aromatic carbocycles. The highest BCUT2D eigenvalue weighted by molar-refractivity contribution is 6.07. The third-order valence-electron chi connectivity index (χ3n) is 3.64. The van der Waals surface area contributed by atoms with Crippen molar-refractivity contribution in [1.29, 1.82) is 0 Å². The number of esters is 1. The van der Waals surface area contributed by atoms with Crippen LogP contribution in [0.25, 0.3) is 6.08 Å². The lowest BCUT2D eigenvalue weighted by Crippen LogP contribution is -2.05. The molecule has 1 aliphatic rings. The summed E-state index contributed by atoms with van der Waals surface area (Å²) in [5, 5.41) is 0. The topological polar surface area (TPSA) is 47.9 Å². The van der Waals surface area contributed by atoms with Gasteiger partial charge in [-0.2, -0.15) is 0 Å². The first-order valence-electron chi connectivity index (χ1n) is 7.54. The molecule has 122 valence electrons. The molecule has 0 unspecified atom stereocenters. The standard InChI is InChI=1S/C19H16FNO3/c1-23-17-5-3-2-4-14(17)8-11-18-21-16(19(22)24-18)12-13-6-9-15(20)10-7-13/h2-7,9-10,12H,8,11H2,1H3/b16-12+. The van der Waals surface area contributed by atoms with Crippen LogP contribution in [-0.4, -0.2) is 19.0 Å². The molecular weight excluding hydrogens is 309 g/mol. The number of para-hydroxylation sites is 1. The van der Waals surface area contributed by atoms with Crippen molar-refractivity contribution in [1.82, 2.24) is 0 Å². The van der Waals surface area contributed by atoms with Crippen LogP contribution in [0.1, 0.15) is 17.5 Å². The predicted molar refractivity (Wildman–Crippen MR) is 89.2 cm³/mol. The summed E-state index contributed by atoms with van der Waals surface area (Å²) in [6.07, 6.45) is 2.73. The molecule has 4 nitrogen and oxygen atoms in total. The molecule has 0 atom stereocenters. The van der Waals surface area contributed by atoms with E-state index in [1.807, 2.05) is 24.3 Å². The highest BCUT2D eigenvalue weighted by atomic mass is 19.1. The Morgan fingerprint density at radius 2 is 1.88 bits per heavy atom. The minimum atomic E-state index is -0.491. The van der Waals surface area contributed by atoms with Crippen molar-refractivity contribution in [2.75, 3.05) is 7.11 Å². The maximum atomic E-state index is 12.9. The van der Waals surface area contributed by atoms with E-state index in [1.165, 1.54) is 12.1 Å². The average molecular weight is 325 g/mol. The molecule has 0 aliphatic carbocycles. The number of rotatable bonds is 5. The first kappa shape index (κ1) is 15.9. The molecule has 0 saturated carbocycles. The van der Waals surface area contributed by atoms with Crippen molar-refractivity contribution < 1.29 is 18.7 Å². The molecule has 0 amide bonds. The van der Waals surface area contributed by atoms with Gasteiger partial charge in [-0.25, -0.2) is 14.2 Å². The third kappa shape index (κ3) is 3.68. The third-order valence-corrected chi connectivity index (χ3v) is 3.64. The number of cyclic esters (lactones) is 1. The fourth-order valence-electron chi connectivity index (χ4n) is 2.43. The van der Waals surface area contributed by atoms with E-state index in [-0.39, 0.29) is 11.5 Å². The number of aryl methyl sites for hydroxylation is 1. The largest absolute Gasteiger partial charge is 0.496 e. The van der Waals surface area contributed by atoms with Crippen molar-refractivity contribution in [2.24, 2.45) is 4.99 Å². The monoisotopic (exact) mass is 325 g/mol. The summed E-state index contributed by atoms with van der Waals surface area (Å²) in [4.78, 5) is 16.1. The summed E-state index contributed by atoms with van der Waals surface area (Å²) in [6.45, 7) is 0. The van der Waals surface area contributed by atoms with Gasteiger partial charge < -0.3 is 9.47 Å². The second-order valence-corrected chi connectivity index (χ2v) is 5.29. The van der Waals surface area contributed by atoms with Gasteiger partial charge in [0.25, 0.3) is 0 Å². The van der Waals surface area contributed by atoms with Crippen LogP contribution in [0.3, 0.4) is 0 Å². The lowest BCUT2D eigenvalue weighted by molar-refractivity contribution is -0.130. The maximum absolute atomic E-state index is 12.9. The minimum Gasteiger partial charge on any atom is -0.496 e. The number of hydrogen-bond acceptors (Lipinski definition) is 4. The van der Waals surface area contributed by atoms with Gasteiger partial charge in [0.15, 0.2) is 11.6 Å². The van der Waals surface area contributed by atoms with E-state index in [0.717, 1.165) is 11.3 Å². The van der Waals surface area contributed by atoms with E-state index in [9.17, 15) is 9.18 Å². The smallest absolute Gasteiger partial charge is 0.363 e. The first-order valence-corrected chi connectivity index (χ1v) is 7.54. The number of benzene rings is 2. The van der Waals surface area contributed by atoms with E-state index in [0.29, 0.717) is 24.3 Å².